The Morgan fingerprint density at radius 1 is 1.23 bits per heavy atom. The number of hydrogen-bond donors (Lipinski definition) is 3. The fourth-order valence-corrected chi connectivity index (χ4v) is 4.25. The Hall–Kier alpha value is -3.76. The van der Waals surface area contributed by atoms with Gasteiger partial charge in [0.2, 0.25) is 5.91 Å². The molecule has 180 valence electrons. The number of pyridine rings is 1. The number of nitrogens with zero attached hydrogens (tertiary/aromatic N) is 5. The predicted molar refractivity (Wildman–Crippen MR) is 127 cm³/mol. The number of aliphatic hydroxyl groups is 1. The number of carbonyl (C=O) groups is 1. The zero-order chi connectivity index (χ0) is 24.6. The quantitative estimate of drug-likeness (QED) is 0.391. The average molecular weight is 476 g/mol. The van der Waals surface area contributed by atoms with Crippen LogP contribution in [-0.2, 0) is 24.2 Å². The summed E-state index contributed by atoms with van der Waals surface area (Å²) in [7, 11) is 0. The number of rotatable bonds is 6. The smallest absolute Gasteiger partial charge is 0.251 e. The molecule has 0 bridgehead atoms. The lowest BCUT2D eigenvalue weighted by atomic mass is 9.91. The Kier molecular flexibility index (Phi) is 6.00. The molecule has 0 spiro atoms. The molecule has 0 aliphatic carbocycles. The zero-order valence-electron chi connectivity index (χ0n) is 19.5. The Bertz CT molecular complexity index is 1380. The lowest BCUT2D eigenvalue weighted by Crippen LogP contribution is -2.42. The molecule has 5 rings (SSSR count). The number of amides is 1. The highest BCUT2D eigenvalue weighted by Gasteiger charge is 2.30. The van der Waals surface area contributed by atoms with Crippen molar-refractivity contribution in [3.63, 3.8) is 0 Å². The summed E-state index contributed by atoms with van der Waals surface area (Å²) < 4.78 is 15.0. The normalized spacial score (nSPS) is 14.5. The van der Waals surface area contributed by atoms with Crippen LogP contribution in [0.4, 0.5) is 4.39 Å². The first kappa shape index (κ1) is 23.0. The molecule has 1 aromatic carbocycles. The van der Waals surface area contributed by atoms with Gasteiger partial charge in [0.05, 0.1) is 47.4 Å². The molecule has 0 unspecified atom stereocenters. The van der Waals surface area contributed by atoms with Crippen molar-refractivity contribution in [1.82, 2.24) is 35.4 Å². The van der Waals surface area contributed by atoms with Gasteiger partial charge in [0, 0.05) is 18.1 Å². The second-order valence-electron chi connectivity index (χ2n) is 9.24. The molecule has 35 heavy (non-hydrogen) atoms. The summed E-state index contributed by atoms with van der Waals surface area (Å²) >= 11 is 0. The van der Waals surface area contributed by atoms with E-state index >= 15 is 0 Å². The third-order valence-electron chi connectivity index (χ3n) is 6.06. The van der Waals surface area contributed by atoms with Crippen molar-refractivity contribution in [2.45, 2.75) is 44.9 Å². The summed E-state index contributed by atoms with van der Waals surface area (Å²) in [4.78, 5) is 26.4. The van der Waals surface area contributed by atoms with Crippen LogP contribution in [0.3, 0.4) is 0 Å². The minimum atomic E-state index is -1.25. The van der Waals surface area contributed by atoms with Crippen LogP contribution in [0.5, 0.6) is 0 Å². The Labute approximate surface area is 201 Å². The highest BCUT2D eigenvalue weighted by Crippen LogP contribution is 2.26. The van der Waals surface area contributed by atoms with Gasteiger partial charge in [-0.05, 0) is 56.1 Å². The molecule has 4 aromatic rings. The van der Waals surface area contributed by atoms with Gasteiger partial charge in [-0.3, -0.25) is 9.78 Å². The molecule has 1 atom stereocenters. The summed E-state index contributed by atoms with van der Waals surface area (Å²) in [6, 6.07) is 6.80. The van der Waals surface area contributed by atoms with Gasteiger partial charge < -0.3 is 15.7 Å². The van der Waals surface area contributed by atoms with Crippen molar-refractivity contribution < 1.29 is 14.3 Å². The minimum absolute atomic E-state index is 0.00983. The number of halogens is 1. The third kappa shape index (κ3) is 4.89. The molecular weight excluding hydrogens is 449 g/mol. The molecule has 0 saturated carbocycles. The van der Waals surface area contributed by atoms with Gasteiger partial charge in [0.15, 0.2) is 0 Å². The van der Waals surface area contributed by atoms with E-state index in [1.165, 1.54) is 12.1 Å². The maximum absolute atomic E-state index is 13.3. The highest BCUT2D eigenvalue weighted by atomic mass is 19.1. The van der Waals surface area contributed by atoms with Gasteiger partial charge in [0.1, 0.15) is 5.82 Å². The van der Waals surface area contributed by atoms with E-state index in [-0.39, 0.29) is 18.1 Å². The monoisotopic (exact) mass is 475 g/mol. The molecule has 4 heterocycles. The van der Waals surface area contributed by atoms with E-state index in [0.717, 1.165) is 35.1 Å². The number of benzene rings is 1. The van der Waals surface area contributed by atoms with Gasteiger partial charge in [0.25, 0.3) is 5.95 Å². The van der Waals surface area contributed by atoms with Crippen molar-refractivity contribution in [3.8, 4) is 5.95 Å². The third-order valence-corrected chi connectivity index (χ3v) is 6.06. The Balaban J connectivity index is 1.34. The summed E-state index contributed by atoms with van der Waals surface area (Å²) in [6.07, 6.45) is 6.10. The van der Waals surface area contributed by atoms with Crippen LogP contribution in [-0.4, -0.2) is 47.9 Å². The average Bonchev–Trinajstić information content (AvgIpc) is 3.25. The van der Waals surface area contributed by atoms with E-state index in [1.807, 2.05) is 6.20 Å². The van der Waals surface area contributed by atoms with Crippen LogP contribution in [0, 0.1) is 5.82 Å². The number of fused-ring (bicyclic) bond motifs is 2. The molecule has 1 amide bonds. The van der Waals surface area contributed by atoms with Crippen molar-refractivity contribution in [2.75, 3.05) is 6.54 Å². The Morgan fingerprint density at radius 3 is 2.80 bits per heavy atom. The topological polar surface area (TPSA) is 118 Å². The lowest BCUT2D eigenvalue weighted by Gasteiger charge is -2.30. The number of aromatic nitrogens is 5. The van der Waals surface area contributed by atoms with Gasteiger partial charge in [-0.15, -0.1) is 0 Å². The minimum Gasteiger partial charge on any atom is -0.388 e. The first-order valence-corrected chi connectivity index (χ1v) is 11.4. The first-order chi connectivity index (χ1) is 16.8. The number of carbonyl (C=O) groups excluding carboxylic acids is 1. The Morgan fingerprint density at radius 2 is 2.03 bits per heavy atom. The molecule has 10 heteroatoms. The molecule has 0 radical (unpaired) electrons. The van der Waals surface area contributed by atoms with Gasteiger partial charge in [-0.2, -0.15) is 9.78 Å². The molecule has 0 saturated heterocycles. The fraction of sp³-hybridized carbons (Fsp3) is 0.320. The first-order valence-electron chi connectivity index (χ1n) is 11.4. The second-order valence-corrected chi connectivity index (χ2v) is 9.24. The summed E-state index contributed by atoms with van der Waals surface area (Å²) in [5, 5.41) is 22.0. The van der Waals surface area contributed by atoms with Crippen LogP contribution >= 0.6 is 0 Å². The predicted octanol–water partition coefficient (Wildman–Crippen LogP) is 2.17. The fourth-order valence-electron chi connectivity index (χ4n) is 4.25. The van der Waals surface area contributed by atoms with E-state index in [9.17, 15) is 14.3 Å². The summed E-state index contributed by atoms with van der Waals surface area (Å²) in [6.45, 7) is 4.81. The molecule has 1 aliphatic heterocycles. The maximum atomic E-state index is 13.3. The summed E-state index contributed by atoms with van der Waals surface area (Å²) in [5.41, 5.74) is 2.75. The zero-order valence-corrected chi connectivity index (χ0v) is 19.5. The van der Waals surface area contributed by atoms with E-state index in [0.29, 0.717) is 23.8 Å². The lowest BCUT2D eigenvalue weighted by molar-refractivity contribution is -0.123. The standard InChI is InChI=1S/C25H26FN7O2/c1-25(2,35)23(15-3-5-18(26)6-4-15)32-22(34)10-19-9-17-12-30-33(21(17)14-28-19)24-29-11-16-7-8-27-13-20(16)31-24/h3-6,9,11-12,14,23,27,35H,7-8,10,13H2,1-2H3,(H,32,34)/t23-/m0/s1. The van der Waals surface area contributed by atoms with Crippen LogP contribution in [0.15, 0.2) is 48.9 Å². The van der Waals surface area contributed by atoms with E-state index in [1.54, 1.807) is 49.1 Å². The number of hydrogen-bond acceptors (Lipinski definition) is 7. The van der Waals surface area contributed by atoms with E-state index in [4.69, 9.17) is 0 Å². The van der Waals surface area contributed by atoms with Crippen molar-refractivity contribution >= 4 is 16.8 Å². The largest absolute Gasteiger partial charge is 0.388 e. The van der Waals surface area contributed by atoms with E-state index < -0.39 is 11.6 Å². The van der Waals surface area contributed by atoms with Crippen molar-refractivity contribution in [2.24, 2.45) is 0 Å². The van der Waals surface area contributed by atoms with Crippen molar-refractivity contribution in [1.29, 1.82) is 0 Å². The van der Waals surface area contributed by atoms with Gasteiger partial charge >= 0.3 is 0 Å². The van der Waals surface area contributed by atoms with Gasteiger partial charge in [-0.25, -0.2) is 14.4 Å². The second kappa shape index (κ2) is 9.12. The van der Waals surface area contributed by atoms with Crippen LogP contribution in [0.1, 0.15) is 42.4 Å². The maximum Gasteiger partial charge on any atom is 0.251 e. The molecule has 3 N–H and O–H groups in total. The van der Waals surface area contributed by atoms with E-state index in [2.05, 4.69) is 30.7 Å². The summed E-state index contributed by atoms with van der Waals surface area (Å²) in [5.74, 6) is -0.224. The van der Waals surface area contributed by atoms with Crippen LogP contribution < -0.4 is 10.6 Å². The SMILES string of the molecule is CC(C)(O)[C@@H](NC(=O)Cc1cc2cnn(-c3ncc4c(n3)CNCC4)c2cn1)c1ccc(F)cc1. The molecule has 0 fully saturated rings. The highest BCUT2D eigenvalue weighted by molar-refractivity contribution is 5.82. The molecule has 9 nitrogen and oxygen atoms in total. The van der Waals surface area contributed by atoms with Crippen LogP contribution in [0.2, 0.25) is 0 Å². The molecule has 1 aliphatic rings. The van der Waals surface area contributed by atoms with Crippen molar-refractivity contribution in [3.05, 3.63) is 77.3 Å². The number of nitrogens with one attached hydrogen (secondary N) is 2. The molecular formula is C25H26FN7O2. The molecule has 3 aromatic heterocycles. The van der Waals surface area contributed by atoms with Crippen LogP contribution in [0.25, 0.3) is 16.9 Å². The van der Waals surface area contributed by atoms with Gasteiger partial charge in [-0.1, -0.05) is 12.1 Å².